The van der Waals surface area contributed by atoms with Gasteiger partial charge in [0.05, 0.1) is 18.3 Å². The fourth-order valence-electron chi connectivity index (χ4n) is 2.06. The van der Waals surface area contributed by atoms with Gasteiger partial charge in [0.2, 0.25) is 0 Å². The predicted molar refractivity (Wildman–Crippen MR) is 80.0 cm³/mol. The molecule has 0 aliphatic heterocycles. The summed E-state index contributed by atoms with van der Waals surface area (Å²) in [5.41, 5.74) is 2.44. The summed E-state index contributed by atoms with van der Waals surface area (Å²) in [6.07, 6.45) is 3.82. The molecule has 2 rings (SSSR count). The molecular formula is C15H20N2OS. The SMILES string of the molecule is CNC(c1cncc(OC(C)C)c1)c1sccc1C. The summed E-state index contributed by atoms with van der Waals surface area (Å²) in [5.74, 6) is 0.821. The van der Waals surface area contributed by atoms with Crippen molar-refractivity contribution < 1.29 is 4.74 Å². The van der Waals surface area contributed by atoms with Crippen LogP contribution in [-0.4, -0.2) is 18.1 Å². The first kappa shape index (κ1) is 14.0. The Morgan fingerprint density at radius 1 is 1.32 bits per heavy atom. The van der Waals surface area contributed by atoms with Crippen LogP contribution in [0.3, 0.4) is 0 Å². The van der Waals surface area contributed by atoms with Crippen LogP contribution in [0.1, 0.15) is 35.9 Å². The lowest BCUT2D eigenvalue weighted by Gasteiger charge is -2.17. The second-order valence-corrected chi connectivity index (χ2v) is 5.76. The fourth-order valence-corrected chi connectivity index (χ4v) is 3.12. The van der Waals surface area contributed by atoms with Crippen LogP contribution in [0.15, 0.2) is 29.9 Å². The van der Waals surface area contributed by atoms with E-state index in [1.165, 1.54) is 10.4 Å². The first-order valence-electron chi connectivity index (χ1n) is 6.44. The van der Waals surface area contributed by atoms with Crippen LogP contribution in [0.5, 0.6) is 5.75 Å². The fraction of sp³-hybridized carbons (Fsp3) is 0.400. The Kier molecular flexibility index (Phi) is 4.56. The Balaban J connectivity index is 2.31. The third-order valence-corrected chi connectivity index (χ3v) is 3.98. The van der Waals surface area contributed by atoms with Crippen LogP contribution < -0.4 is 10.1 Å². The Bertz CT molecular complexity index is 536. The number of rotatable bonds is 5. The van der Waals surface area contributed by atoms with Crippen LogP contribution in [0.2, 0.25) is 0 Å². The number of aromatic nitrogens is 1. The Hall–Kier alpha value is -1.39. The molecule has 0 saturated heterocycles. The third kappa shape index (κ3) is 3.33. The summed E-state index contributed by atoms with van der Waals surface area (Å²) in [5, 5.41) is 5.48. The summed E-state index contributed by atoms with van der Waals surface area (Å²) in [6, 6.07) is 4.38. The summed E-state index contributed by atoms with van der Waals surface area (Å²) in [7, 11) is 1.97. The topological polar surface area (TPSA) is 34.2 Å². The summed E-state index contributed by atoms with van der Waals surface area (Å²) in [6.45, 7) is 6.18. The van der Waals surface area contributed by atoms with Crippen molar-refractivity contribution in [1.82, 2.24) is 10.3 Å². The lowest BCUT2D eigenvalue weighted by Crippen LogP contribution is -2.18. The van der Waals surface area contributed by atoms with Crippen molar-refractivity contribution >= 4 is 11.3 Å². The largest absolute Gasteiger partial charge is 0.489 e. The molecule has 1 N–H and O–H groups in total. The van der Waals surface area contributed by atoms with Gasteiger partial charge in [-0.2, -0.15) is 0 Å². The number of nitrogens with zero attached hydrogens (tertiary/aromatic N) is 1. The van der Waals surface area contributed by atoms with E-state index in [2.05, 4.69) is 34.7 Å². The van der Waals surface area contributed by atoms with Crippen molar-refractivity contribution in [2.75, 3.05) is 7.05 Å². The van der Waals surface area contributed by atoms with Gasteiger partial charge in [-0.05, 0) is 56.5 Å². The molecule has 2 aromatic heterocycles. The summed E-state index contributed by atoms with van der Waals surface area (Å²) in [4.78, 5) is 5.61. The van der Waals surface area contributed by atoms with Gasteiger partial charge in [-0.25, -0.2) is 0 Å². The molecule has 0 fully saturated rings. The van der Waals surface area contributed by atoms with E-state index in [1.54, 1.807) is 17.5 Å². The smallest absolute Gasteiger partial charge is 0.138 e. The molecule has 0 aliphatic rings. The average molecular weight is 276 g/mol. The van der Waals surface area contributed by atoms with Crippen LogP contribution in [0.25, 0.3) is 0 Å². The molecular weight excluding hydrogens is 256 g/mol. The maximum Gasteiger partial charge on any atom is 0.138 e. The van der Waals surface area contributed by atoms with Crippen LogP contribution in [0, 0.1) is 6.92 Å². The lowest BCUT2D eigenvalue weighted by atomic mass is 10.1. The summed E-state index contributed by atoms with van der Waals surface area (Å²) >= 11 is 1.77. The second kappa shape index (κ2) is 6.17. The molecule has 1 atom stereocenters. The van der Waals surface area contributed by atoms with Gasteiger partial charge in [0.25, 0.3) is 0 Å². The Morgan fingerprint density at radius 2 is 2.11 bits per heavy atom. The molecule has 19 heavy (non-hydrogen) atoms. The number of hydrogen-bond acceptors (Lipinski definition) is 4. The lowest BCUT2D eigenvalue weighted by molar-refractivity contribution is 0.241. The number of ether oxygens (including phenoxy) is 1. The van der Waals surface area contributed by atoms with E-state index in [0.717, 1.165) is 11.3 Å². The molecule has 0 saturated carbocycles. The zero-order valence-electron chi connectivity index (χ0n) is 11.8. The van der Waals surface area contributed by atoms with Crippen molar-refractivity contribution in [1.29, 1.82) is 0 Å². The minimum atomic E-state index is 0.161. The van der Waals surface area contributed by atoms with E-state index >= 15 is 0 Å². The van der Waals surface area contributed by atoms with E-state index in [1.807, 2.05) is 27.1 Å². The first-order valence-corrected chi connectivity index (χ1v) is 7.32. The molecule has 0 aliphatic carbocycles. The van der Waals surface area contributed by atoms with Gasteiger partial charge in [0.15, 0.2) is 0 Å². The van der Waals surface area contributed by atoms with Crippen LogP contribution in [0.4, 0.5) is 0 Å². The van der Waals surface area contributed by atoms with Gasteiger partial charge < -0.3 is 10.1 Å². The average Bonchev–Trinajstić information content (AvgIpc) is 2.77. The first-order chi connectivity index (χ1) is 9.11. The van der Waals surface area contributed by atoms with Crippen molar-refractivity contribution in [3.8, 4) is 5.75 Å². The normalized spacial score (nSPS) is 12.7. The van der Waals surface area contributed by atoms with Gasteiger partial charge in [0, 0.05) is 11.1 Å². The van der Waals surface area contributed by atoms with Crippen molar-refractivity contribution in [2.45, 2.75) is 32.9 Å². The predicted octanol–water partition coefficient (Wildman–Crippen LogP) is 3.55. The maximum atomic E-state index is 5.71. The molecule has 0 radical (unpaired) electrons. The highest BCUT2D eigenvalue weighted by molar-refractivity contribution is 7.10. The Morgan fingerprint density at radius 3 is 2.68 bits per heavy atom. The van der Waals surface area contributed by atoms with Gasteiger partial charge in [-0.1, -0.05) is 0 Å². The van der Waals surface area contributed by atoms with Gasteiger partial charge >= 0.3 is 0 Å². The molecule has 3 nitrogen and oxygen atoms in total. The number of nitrogens with one attached hydrogen (secondary N) is 1. The Labute approximate surface area is 118 Å². The van der Waals surface area contributed by atoms with Gasteiger partial charge in [-0.3, -0.25) is 4.98 Å². The molecule has 102 valence electrons. The number of pyridine rings is 1. The van der Waals surface area contributed by atoms with Crippen molar-refractivity contribution in [2.24, 2.45) is 0 Å². The zero-order chi connectivity index (χ0) is 13.8. The maximum absolute atomic E-state index is 5.71. The van der Waals surface area contributed by atoms with E-state index in [4.69, 9.17) is 4.74 Å². The highest BCUT2D eigenvalue weighted by Crippen LogP contribution is 2.30. The van der Waals surface area contributed by atoms with E-state index in [-0.39, 0.29) is 12.1 Å². The van der Waals surface area contributed by atoms with Crippen molar-refractivity contribution in [3.63, 3.8) is 0 Å². The highest BCUT2D eigenvalue weighted by Gasteiger charge is 2.16. The summed E-state index contributed by atoms with van der Waals surface area (Å²) < 4.78 is 5.71. The van der Waals surface area contributed by atoms with Crippen molar-refractivity contribution in [3.05, 3.63) is 45.9 Å². The standard InChI is InChI=1S/C15H20N2OS/c1-10(2)18-13-7-12(8-17-9-13)14(16-4)15-11(3)5-6-19-15/h5-10,14,16H,1-4H3. The molecule has 2 aromatic rings. The molecule has 4 heteroatoms. The van der Waals surface area contributed by atoms with Crippen LogP contribution in [-0.2, 0) is 0 Å². The third-order valence-electron chi connectivity index (χ3n) is 2.89. The molecule has 0 bridgehead atoms. The molecule has 1 unspecified atom stereocenters. The zero-order valence-corrected chi connectivity index (χ0v) is 12.6. The molecule has 0 spiro atoms. The monoisotopic (exact) mass is 276 g/mol. The van der Waals surface area contributed by atoms with Crippen LogP contribution >= 0.6 is 11.3 Å². The molecule has 0 amide bonds. The minimum absolute atomic E-state index is 0.161. The molecule has 2 heterocycles. The minimum Gasteiger partial charge on any atom is -0.489 e. The number of hydrogen-bond donors (Lipinski definition) is 1. The van der Waals surface area contributed by atoms with Gasteiger partial charge in [0.1, 0.15) is 5.75 Å². The van der Waals surface area contributed by atoms with E-state index in [9.17, 15) is 0 Å². The van der Waals surface area contributed by atoms with Gasteiger partial charge in [-0.15, -0.1) is 11.3 Å². The highest BCUT2D eigenvalue weighted by atomic mass is 32.1. The molecule has 0 aromatic carbocycles. The van der Waals surface area contributed by atoms with E-state index < -0.39 is 0 Å². The second-order valence-electron chi connectivity index (χ2n) is 4.81. The van der Waals surface area contributed by atoms with E-state index in [0.29, 0.717) is 0 Å². The number of aryl methyl sites for hydroxylation is 1. The quantitative estimate of drug-likeness (QED) is 0.907. The number of thiophene rings is 1.